The summed E-state index contributed by atoms with van der Waals surface area (Å²) in [5.74, 6) is -0.0776. The van der Waals surface area contributed by atoms with E-state index in [1.54, 1.807) is 0 Å². The third-order valence-electron chi connectivity index (χ3n) is 4.23. The third-order valence-corrected chi connectivity index (χ3v) is 4.76. The number of benzene rings is 3. The van der Waals surface area contributed by atoms with Crippen LogP contribution in [0, 0.1) is 0 Å². The Morgan fingerprint density at radius 1 is 0.909 bits per heavy atom. The summed E-state index contributed by atoms with van der Waals surface area (Å²) in [6.07, 6.45) is 2.19. The van der Waals surface area contributed by atoms with Crippen molar-refractivity contribution in [3.05, 3.63) is 75.8 Å². The van der Waals surface area contributed by atoms with Crippen molar-refractivity contribution in [1.82, 2.24) is 0 Å². The van der Waals surface area contributed by atoms with Gasteiger partial charge in [-0.15, -0.1) is 0 Å². The van der Waals surface area contributed by atoms with Crippen molar-refractivity contribution in [2.75, 3.05) is 5.32 Å². The van der Waals surface area contributed by atoms with E-state index in [1.165, 1.54) is 16.5 Å². The number of rotatable bonds is 2. The van der Waals surface area contributed by atoms with Crippen LogP contribution in [0.25, 0.3) is 10.8 Å². The van der Waals surface area contributed by atoms with E-state index >= 15 is 0 Å². The highest BCUT2D eigenvalue weighted by Crippen LogP contribution is 2.35. The van der Waals surface area contributed by atoms with E-state index in [-0.39, 0.29) is 5.91 Å². The normalized spacial score (nSPS) is 12.6. The molecule has 3 aromatic carbocycles. The van der Waals surface area contributed by atoms with E-state index in [9.17, 15) is 4.79 Å². The molecule has 0 bridgehead atoms. The number of amides is 1. The van der Waals surface area contributed by atoms with Crippen molar-refractivity contribution >= 4 is 38.3 Å². The summed E-state index contributed by atoms with van der Waals surface area (Å²) in [4.78, 5) is 12.4. The summed E-state index contributed by atoms with van der Waals surface area (Å²) in [5.41, 5.74) is 4.31. The van der Waals surface area contributed by atoms with E-state index in [4.69, 9.17) is 0 Å². The molecule has 0 aliphatic heterocycles. The SMILES string of the molecule is O=C(Nc1ccc2c3c(cccc13)CC2)c1ccc(Br)cc1. The molecule has 0 atom stereocenters. The van der Waals surface area contributed by atoms with E-state index < -0.39 is 0 Å². The number of carbonyl (C=O) groups is 1. The topological polar surface area (TPSA) is 29.1 Å². The van der Waals surface area contributed by atoms with Crippen molar-refractivity contribution in [3.8, 4) is 0 Å². The second-order valence-corrected chi connectivity index (χ2v) is 6.49. The van der Waals surface area contributed by atoms with Crippen molar-refractivity contribution in [1.29, 1.82) is 0 Å². The van der Waals surface area contributed by atoms with Gasteiger partial charge in [-0.05, 0) is 59.7 Å². The second kappa shape index (κ2) is 5.25. The number of halogens is 1. The lowest BCUT2D eigenvalue weighted by Gasteiger charge is -2.10. The van der Waals surface area contributed by atoms with Gasteiger partial charge in [-0.3, -0.25) is 4.79 Å². The first-order valence-electron chi connectivity index (χ1n) is 7.33. The summed E-state index contributed by atoms with van der Waals surface area (Å²) < 4.78 is 0.967. The molecule has 2 nitrogen and oxygen atoms in total. The first-order valence-corrected chi connectivity index (χ1v) is 8.12. The smallest absolute Gasteiger partial charge is 0.255 e. The van der Waals surface area contributed by atoms with Gasteiger partial charge in [0.05, 0.1) is 0 Å². The van der Waals surface area contributed by atoms with Crippen LogP contribution in [0.2, 0.25) is 0 Å². The van der Waals surface area contributed by atoms with Crippen LogP contribution in [0.5, 0.6) is 0 Å². The fraction of sp³-hybridized carbons (Fsp3) is 0.105. The molecular weight excluding hydrogens is 338 g/mol. The van der Waals surface area contributed by atoms with Crippen LogP contribution in [0.4, 0.5) is 5.69 Å². The van der Waals surface area contributed by atoms with Gasteiger partial charge in [0.25, 0.3) is 5.91 Å². The molecule has 108 valence electrons. The van der Waals surface area contributed by atoms with Gasteiger partial charge >= 0.3 is 0 Å². The molecular formula is C19H14BrNO. The molecule has 3 aromatic rings. The number of hydrogen-bond donors (Lipinski definition) is 1. The lowest BCUT2D eigenvalue weighted by Crippen LogP contribution is -2.12. The first-order chi connectivity index (χ1) is 10.7. The van der Waals surface area contributed by atoms with Crippen LogP contribution >= 0.6 is 15.9 Å². The molecule has 0 fully saturated rings. The van der Waals surface area contributed by atoms with Gasteiger partial charge in [-0.1, -0.05) is 40.2 Å². The van der Waals surface area contributed by atoms with Crippen LogP contribution in [-0.2, 0) is 12.8 Å². The third kappa shape index (κ3) is 2.22. The molecule has 1 N–H and O–H groups in total. The number of carbonyl (C=O) groups excluding carboxylic acids is 1. The Labute approximate surface area is 137 Å². The highest BCUT2D eigenvalue weighted by atomic mass is 79.9. The Hall–Kier alpha value is -2.13. The van der Waals surface area contributed by atoms with Crippen molar-refractivity contribution in [2.24, 2.45) is 0 Å². The summed E-state index contributed by atoms with van der Waals surface area (Å²) in [6.45, 7) is 0. The molecule has 3 heteroatoms. The maximum absolute atomic E-state index is 12.4. The zero-order valence-corrected chi connectivity index (χ0v) is 13.5. The van der Waals surface area contributed by atoms with E-state index in [0.717, 1.165) is 28.4 Å². The molecule has 22 heavy (non-hydrogen) atoms. The quantitative estimate of drug-likeness (QED) is 0.694. The minimum Gasteiger partial charge on any atom is -0.321 e. The molecule has 0 radical (unpaired) electrons. The standard InChI is InChI=1S/C19H14BrNO/c20-15-9-6-14(7-10-15)19(22)21-17-11-8-13-5-4-12-2-1-3-16(17)18(12)13/h1-3,6-11H,4-5H2,(H,21,22). The summed E-state index contributed by atoms with van der Waals surface area (Å²) in [7, 11) is 0. The number of aryl methyl sites for hydroxylation is 2. The van der Waals surface area contributed by atoms with Crippen molar-refractivity contribution in [3.63, 3.8) is 0 Å². The fourth-order valence-corrected chi connectivity index (χ4v) is 3.42. The lowest BCUT2D eigenvalue weighted by molar-refractivity contribution is 0.102. The zero-order chi connectivity index (χ0) is 15.1. The monoisotopic (exact) mass is 351 g/mol. The van der Waals surface area contributed by atoms with Crippen LogP contribution < -0.4 is 5.32 Å². The van der Waals surface area contributed by atoms with Crippen LogP contribution in [0.15, 0.2) is 59.1 Å². The zero-order valence-electron chi connectivity index (χ0n) is 11.9. The van der Waals surface area contributed by atoms with Gasteiger partial charge < -0.3 is 5.32 Å². The minimum absolute atomic E-state index is 0.0776. The number of anilines is 1. The van der Waals surface area contributed by atoms with E-state index in [2.05, 4.69) is 45.5 Å². The van der Waals surface area contributed by atoms with Gasteiger partial charge in [-0.2, -0.15) is 0 Å². The van der Waals surface area contributed by atoms with Crippen LogP contribution in [0.1, 0.15) is 21.5 Å². The van der Waals surface area contributed by atoms with Gasteiger partial charge in [-0.25, -0.2) is 0 Å². The van der Waals surface area contributed by atoms with E-state index in [0.29, 0.717) is 5.56 Å². The van der Waals surface area contributed by atoms with Crippen LogP contribution in [-0.4, -0.2) is 5.91 Å². The first kappa shape index (κ1) is 13.5. The Morgan fingerprint density at radius 3 is 2.41 bits per heavy atom. The fourth-order valence-electron chi connectivity index (χ4n) is 3.15. The number of hydrogen-bond acceptors (Lipinski definition) is 1. The molecule has 0 aromatic heterocycles. The average molecular weight is 352 g/mol. The molecule has 1 aliphatic rings. The Morgan fingerprint density at radius 2 is 1.64 bits per heavy atom. The van der Waals surface area contributed by atoms with Crippen LogP contribution in [0.3, 0.4) is 0 Å². The predicted molar refractivity (Wildman–Crippen MR) is 93.5 cm³/mol. The highest BCUT2D eigenvalue weighted by molar-refractivity contribution is 9.10. The van der Waals surface area contributed by atoms with Gasteiger partial charge in [0.1, 0.15) is 0 Å². The molecule has 1 aliphatic carbocycles. The van der Waals surface area contributed by atoms with Gasteiger partial charge in [0.15, 0.2) is 0 Å². The molecule has 0 spiro atoms. The lowest BCUT2D eigenvalue weighted by atomic mass is 10.0. The van der Waals surface area contributed by atoms with Gasteiger partial charge in [0, 0.05) is 21.1 Å². The van der Waals surface area contributed by atoms with Crippen molar-refractivity contribution < 1.29 is 4.79 Å². The Balaban J connectivity index is 1.73. The van der Waals surface area contributed by atoms with Gasteiger partial charge in [0.2, 0.25) is 0 Å². The van der Waals surface area contributed by atoms with Crippen molar-refractivity contribution in [2.45, 2.75) is 12.8 Å². The molecule has 0 saturated carbocycles. The second-order valence-electron chi connectivity index (χ2n) is 5.57. The maximum atomic E-state index is 12.4. The average Bonchev–Trinajstić information content (AvgIpc) is 2.95. The highest BCUT2D eigenvalue weighted by Gasteiger charge is 2.16. The predicted octanol–water partition coefficient (Wildman–Crippen LogP) is 4.95. The summed E-state index contributed by atoms with van der Waals surface area (Å²) in [6, 6.07) is 17.9. The molecule has 4 rings (SSSR count). The Bertz CT molecular complexity index is 874. The molecule has 0 unspecified atom stereocenters. The maximum Gasteiger partial charge on any atom is 0.255 e. The van der Waals surface area contributed by atoms with E-state index in [1.807, 2.05) is 30.3 Å². The Kier molecular flexibility index (Phi) is 3.23. The molecule has 0 heterocycles. The summed E-state index contributed by atoms with van der Waals surface area (Å²) >= 11 is 3.39. The molecule has 0 saturated heterocycles. The minimum atomic E-state index is -0.0776. The largest absolute Gasteiger partial charge is 0.321 e. The number of nitrogens with one attached hydrogen (secondary N) is 1. The summed E-state index contributed by atoms with van der Waals surface area (Å²) in [5, 5.41) is 5.50. The molecule has 1 amide bonds.